The average molecular weight is 543 g/mol. The summed E-state index contributed by atoms with van der Waals surface area (Å²) in [6, 6.07) is 47.1. The standard InChI is InChI=1S/C38H22S2/c1-2-12-25-23(10-1)11-9-18-26(25)34-27-13-3-5-15-29(27)35(30-16-6-4-14-28(30)34)37-36-31-17-7-8-19-32(31)40-33(36)22-24-20-21-39-38(24)37/h1-22H. The van der Waals surface area contributed by atoms with Crippen molar-refractivity contribution in [3.8, 4) is 22.3 Å². The molecule has 2 heterocycles. The first kappa shape index (κ1) is 22.3. The molecule has 0 atom stereocenters. The van der Waals surface area contributed by atoms with E-state index in [1.54, 1.807) is 0 Å². The van der Waals surface area contributed by atoms with Crippen molar-refractivity contribution < 1.29 is 0 Å². The van der Waals surface area contributed by atoms with Gasteiger partial charge < -0.3 is 0 Å². The maximum Gasteiger partial charge on any atom is 0.0428 e. The molecule has 0 nitrogen and oxygen atoms in total. The molecule has 0 unspecified atom stereocenters. The molecule has 9 rings (SSSR count). The lowest BCUT2D eigenvalue weighted by Crippen LogP contribution is -1.92. The lowest BCUT2D eigenvalue weighted by Gasteiger charge is -2.20. The fraction of sp³-hybridized carbons (Fsp3) is 0. The second-order valence-electron chi connectivity index (χ2n) is 10.4. The molecule has 40 heavy (non-hydrogen) atoms. The molecule has 0 bridgehead atoms. The van der Waals surface area contributed by atoms with Gasteiger partial charge in [0.1, 0.15) is 0 Å². The summed E-state index contributed by atoms with van der Waals surface area (Å²) in [7, 11) is 0. The molecule has 0 radical (unpaired) electrons. The summed E-state index contributed by atoms with van der Waals surface area (Å²) in [5.41, 5.74) is 5.32. The van der Waals surface area contributed by atoms with E-state index in [0.717, 1.165) is 0 Å². The van der Waals surface area contributed by atoms with Crippen molar-refractivity contribution in [2.24, 2.45) is 0 Å². The van der Waals surface area contributed by atoms with E-state index in [-0.39, 0.29) is 0 Å². The Kier molecular flexibility index (Phi) is 4.74. The molecule has 0 aliphatic carbocycles. The van der Waals surface area contributed by atoms with E-state index in [4.69, 9.17) is 0 Å². The fourth-order valence-electron chi connectivity index (χ4n) is 6.68. The second kappa shape index (κ2) is 8.50. The van der Waals surface area contributed by atoms with Crippen LogP contribution < -0.4 is 0 Å². The van der Waals surface area contributed by atoms with E-state index in [2.05, 4.69) is 133 Å². The summed E-state index contributed by atoms with van der Waals surface area (Å²) in [5.74, 6) is 0. The molecule has 0 fully saturated rings. The number of hydrogen-bond donors (Lipinski definition) is 0. The maximum atomic E-state index is 2.39. The van der Waals surface area contributed by atoms with E-state index >= 15 is 0 Å². The smallest absolute Gasteiger partial charge is 0.0428 e. The number of thiophene rings is 2. The average Bonchev–Trinajstić information content (AvgIpc) is 3.63. The number of rotatable bonds is 2. The summed E-state index contributed by atoms with van der Waals surface area (Å²) in [6.07, 6.45) is 0. The molecule has 2 heteroatoms. The van der Waals surface area contributed by atoms with E-state index in [1.165, 1.54) is 84.8 Å². The summed E-state index contributed by atoms with van der Waals surface area (Å²) < 4.78 is 4.06. The Morgan fingerprint density at radius 3 is 1.75 bits per heavy atom. The number of benzene rings is 7. The van der Waals surface area contributed by atoms with Crippen molar-refractivity contribution in [1.82, 2.24) is 0 Å². The molecule has 0 N–H and O–H groups in total. The minimum Gasteiger partial charge on any atom is -0.143 e. The minimum atomic E-state index is 1.27. The van der Waals surface area contributed by atoms with Crippen molar-refractivity contribution >= 4 is 85.2 Å². The topological polar surface area (TPSA) is 0 Å². The van der Waals surface area contributed by atoms with Crippen LogP contribution in [0.5, 0.6) is 0 Å². The highest BCUT2D eigenvalue weighted by Gasteiger charge is 2.22. The molecular weight excluding hydrogens is 521 g/mol. The van der Waals surface area contributed by atoms with Gasteiger partial charge in [-0.15, -0.1) is 22.7 Å². The van der Waals surface area contributed by atoms with Crippen molar-refractivity contribution in [1.29, 1.82) is 0 Å². The van der Waals surface area contributed by atoms with Crippen molar-refractivity contribution in [2.45, 2.75) is 0 Å². The fourth-order valence-corrected chi connectivity index (χ4v) is 8.78. The van der Waals surface area contributed by atoms with Gasteiger partial charge >= 0.3 is 0 Å². The van der Waals surface area contributed by atoms with Crippen LogP contribution in [0.15, 0.2) is 133 Å². The minimum absolute atomic E-state index is 1.27. The third-order valence-electron chi connectivity index (χ3n) is 8.32. The van der Waals surface area contributed by atoms with E-state index in [1.807, 2.05) is 22.7 Å². The van der Waals surface area contributed by atoms with Gasteiger partial charge in [0.15, 0.2) is 0 Å². The van der Waals surface area contributed by atoms with Crippen LogP contribution in [0.4, 0.5) is 0 Å². The monoisotopic (exact) mass is 542 g/mol. The van der Waals surface area contributed by atoms with Crippen LogP contribution in [0.3, 0.4) is 0 Å². The van der Waals surface area contributed by atoms with Gasteiger partial charge in [-0.2, -0.15) is 0 Å². The maximum absolute atomic E-state index is 2.39. The van der Waals surface area contributed by atoms with E-state index in [0.29, 0.717) is 0 Å². The quantitative estimate of drug-likeness (QED) is 0.191. The zero-order valence-electron chi connectivity index (χ0n) is 21.5. The molecule has 9 aromatic rings. The summed E-state index contributed by atoms with van der Waals surface area (Å²) >= 11 is 3.77. The second-order valence-corrected chi connectivity index (χ2v) is 12.4. The Morgan fingerprint density at radius 1 is 0.400 bits per heavy atom. The van der Waals surface area contributed by atoms with Gasteiger partial charge in [-0.3, -0.25) is 0 Å². The van der Waals surface area contributed by atoms with Crippen LogP contribution in [-0.2, 0) is 0 Å². The van der Waals surface area contributed by atoms with Crippen LogP contribution in [0.1, 0.15) is 0 Å². The van der Waals surface area contributed by atoms with Crippen molar-refractivity contribution in [3.05, 3.63) is 133 Å². The highest BCUT2D eigenvalue weighted by atomic mass is 32.1. The first-order chi connectivity index (χ1) is 19.9. The Balaban J connectivity index is 1.54. The van der Waals surface area contributed by atoms with Crippen LogP contribution in [-0.4, -0.2) is 0 Å². The third kappa shape index (κ3) is 3.06. The van der Waals surface area contributed by atoms with Gasteiger partial charge in [0.2, 0.25) is 0 Å². The Hall–Kier alpha value is -4.50. The molecule has 186 valence electrons. The predicted octanol–water partition coefficient (Wildman–Crippen LogP) is 12.1. The Labute approximate surface area is 239 Å². The molecule has 0 aliphatic heterocycles. The molecule has 0 saturated carbocycles. The number of hydrogen-bond acceptors (Lipinski definition) is 2. The van der Waals surface area contributed by atoms with Crippen LogP contribution in [0, 0.1) is 0 Å². The molecular formula is C38H22S2. The van der Waals surface area contributed by atoms with E-state index in [9.17, 15) is 0 Å². The first-order valence-electron chi connectivity index (χ1n) is 13.6. The zero-order chi connectivity index (χ0) is 26.2. The summed E-state index contributed by atoms with van der Waals surface area (Å²) in [4.78, 5) is 0. The molecule has 0 aliphatic rings. The largest absolute Gasteiger partial charge is 0.143 e. The lowest BCUT2D eigenvalue weighted by molar-refractivity contribution is 1.70. The van der Waals surface area contributed by atoms with Gasteiger partial charge in [-0.25, -0.2) is 0 Å². The summed E-state index contributed by atoms with van der Waals surface area (Å²) in [5, 5.41) is 14.1. The predicted molar refractivity (Wildman–Crippen MR) is 178 cm³/mol. The first-order valence-corrected chi connectivity index (χ1v) is 15.3. The van der Waals surface area contributed by atoms with Crippen molar-refractivity contribution in [3.63, 3.8) is 0 Å². The van der Waals surface area contributed by atoms with Crippen LogP contribution in [0.2, 0.25) is 0 Å². The molecule has 0 saturated heterocycles. The van der Waals surface area contributed by atoms with Gasteiger partial charge in [-0.05, 0) is 78.0 Å². The van der Waals surface area contributed by atoms with Gasteiger partial charge in [-0.1, -0.05) is 109 Å². The lowest BCUT2D eigenvalue weighted by atomic mass is 9.83. The van der Waals surface area contributed by atoms with Gasteiger partial charge in [0.05, 0.1) is 0 Å². The van der Waals surface area contributed by atoms with Gasteiger partial charge in [0.25, 0.3) is 0 Å². The Morgan fingerprint density at radius 2 is 1.00 bits per heavy atom. The third-order valence-corrected chi connectivity index (χ3v) is 10.4. The van der Waals surface area contributed by atoms with E-state index < -0.39 is 0 Å². The molecule has 0 spiro atoms. The van der Waals surface area contributed by atoms with Gasteiger partial charge in [0, 0.05) is 30.4 Å². The highest BCUT2D eigenvalue weighted by molar-refractivity contribution is 7.26. The Bertz CT molecular complexity index is 2370. The van der Waals surface area contributed by atoms with Crippen LogP contribution >= 0.6 is 22.7 Å². The molecule has 2 aromatic heterocycles. The van der Waals surface area contributed by atoms with Crippen LogP contribution in [0.25, 0.3) is 84.8 Å². The highest BCUT2D eigenvalue weighted by Crippen LogP contribution is 2.51. The number of fused-ring (bicyclic) bond motifs is 7. The zero-order valence-corrected chi connectivity index (χ0v) is 23.2. The summed E-state index contributed by atoms with van der Waals surface area (Å²) in [6.45, 7) is 0. The SMILES string of the molecule is c1ccc2c(-c3c4ccccc4c(-c4c5sccc5cc5sc6ccccc6c45)c4ccccc34)cccc2c1. The van der Waals surface area contributed by atoms with Crippen molar-refractivity contribution in [2.75, 3.05) is 0 Å². The normalized spacial score (nSPS) is 12.0. The molecule has 7 aromatic carbocycles. The molecule has 0 amide bonds.